The minimum Gasteiger partial charge on any atom is -0.488 e. The Morgan fingerprint density at radius 2 is 1.57 bits per heavy atom. The van der Waals surface area contributed by atoms with Gasteiger partial charge in [0.15, 0.2) is 0 Å². The first-order valence-corrected chi connectivity index (χ1v) is 9.54. The zero-order chi connectivity index (χ0) is 21.2. The fraction of sp³-hybridized carbons (Fsp3) is 0.125. The van der Waals surface area contributed by atoms with Crippen LogP contribution in [0.2, 0.25) is 0 Å². The van der Waals surface area contributed by atoms with Crippen LogP contribution in [0.5, 0.6) is 5.75 Å². The fourth-order valence-corrected chi connectivity index (χ4v) is 2.63. The summed E-state index contributed by atoms with van der Waals surface area (Å²) < 4.78 is 5.84. The van der Waals surface area contributed by atoms with E-state index in [1.54, 1.807) is 0 Å². The number of hydrogen-bond donors (Lipinski definition) is 2. The number of hydrazone groups is 1. The lowest BCUT2D eigenvalue weighted by molar-refractivity contribution is -0.139. The molecule has 0 radical (unpaired) electrons. The van der Waals surface area contributed by atoms with Gasteiger partial charge in [0, 0.05) is 12.1 Å². The average Bonchev–Trinajstić information content (AvgIpc) is 2.78. The molecule has 6 heteroatoms. The molecule has 0 atom stereocenters. The number of aryl methyl sites for hydroxylation is 1. The van der Waals surface area contributed by atoms with Crippen molar-refractivity contribution in [1.82, 2.24) is 10.7 Å². The van der Waals surface area contributed by atoms with Crippen molar-refractivity contribution >= 4 is 18.0 Å². The fourth-order valence-electron chi connectivity index (χ4n) is 2.63. The molecular weight excluding hydrogens is 378 g/mol. The zero-order valence-corrected chi connectivity index (χ0v) is 16.7. The first-order chi connectivity index (χ1) is 14.6. The predicted molar refractivity (Wildman–Crippen MR) is 116 cm³/mol. The molecule has 152 valence electrons. The Morgan fingerprint density at radius 3 is 2.33 bits per heavy atom. The third kappa shape index (κ3) is 6.31. The van der Waals surface area contributed by atoms with Gasteiger partial charge < -0.3 is 10.1 Å². The average molecular weight is 401 g/mol. The van der Waals surface area contributed by atoms with Gasteiger partial charge in [0.25, 0.3) is 0 Å². The summed E-state index contributed by atoms with van der Waals surface area (Å²) in [4.78, 5) is 23.9. The second kappa shape index (κ2) is 10.6. The van der Waals surface area contributed by atoms with Gasteiger partial charge in [0.1, 0.15) is 12.4 Å². The molecule has 2 N–H and O–H groups in total. The number of rotatable bonds is 7. The third-order valence-corrected chi connectivity index (χ3v) is 4.31. The molecule has 3 aromatic carbocycles. The number of carbonyl (C=O) groups excluding carboxylic acids is 2. The van der Waals surface area contributed by atoms with E-state index in [1.807, 2.05) is 85.8 Å². The highest BCUT2D eigenvalue weighted by Crippen LogP contribution is 2.17. The van der Waals surface area contributed by atoms with E-state index in [4.69, 9.17) is 4.74 Å². The molecular formula is C24H23N3O3. The predicted octanol–water partition coefficient (Wildman–Crippen LogP) is 3.34. The summed E-state index contributed by atoms with van der Waals surface area (Å²) >= 11 is 0. The number of amides is 2. The van der Waals surface area contributed by atoms with Crippen molar-refractivity contribution in [2.75, 3.05) is 0 Å². The molecule has 0 aliphatic heterocycles. The Kier molecular flexibility index (Phi) is 7.33. The third-order valence-electron chi connectivity index (χ3n) is 4.31. The molecule has 0 bridgehead atoms. The van der Waals surface area contributed by atoms with E-state index in [0.717, 1.165) is 16.7 Å². The van der Waals surface area contributed by atoms with Crippen LogP contribution in [-0.2, 0) is 22.7 Å². The largest absolute Gasteiger partial charge is 0.488 e. The monoisotopic (exact) mass is 401 g/mol. The van der Waals surface area contributed by atoms with E-state index >= 15 is 0 Å². The molecule has 3 aromatic rings. The normalized spacial score (nSPS) is 10.6. The summed E-state index contributed by atoms with van der Waals surface area (Å²) in [6, 6.07) is 24.8. The van der Waals surface area contributed by atoms with Crippen molar-refractivity contribution in [3.63, 3.8) is 0 Å². The van der Waals surface area contributed by atoms with Gasteiger partial charge in [-0.3, -0.25) is 9.59 Å². The second-order valence-corrected chi connectivity index (χ2v) is 6.68. The van der Waals surface area contributed by atoms with Crippen molar-refractivity contribution in [1.29, 1.82) is 0 Å². The summed E-state index contributed by atoms with van der Waals surface area (Å²) in [6.45, 7) is 2.67. The lowest BCUT2D eigenvalue weighted by Crippen LogP contribution is -2.37. The van der Waals surface area contributed by atoms with Crippen LogP contribution < -0.4 is 15.5 Å². The van der Waals surface area contributed by atoms with Crippen LogP contribution in [0.4, 0.5) is 0 Å². The van der Waals surface area contributed by atoms with Gasteiger partial charge in [-0.15, -0.1) is 0 Å². The number of ether oxygens (including phenoxy) is 1. The van der Waals surface area contributed by atoms with Gasteiger partial charge in [-0.25, -0.2) is 5.43 Å². The first kappa shape index (κ1) is 20.8. The lowest BCUT2D eigenvalue weighted by atomic mass is 10.1. The van der Waals surface area contributed by atoms with Crippen LogP contribution in [0.1, 0.15) is 22.3 Å². The molecule has 3 rings (SSSR count). The molecule has 0 aliphatic rings. The molecule has 0 saturated heterocycles. The zero-order valence-electron chi connectivity index (χ0n) is 16.7. The highest BCUT2D eigenvalue weighted by molar-refractivity contribution is 6.35. The Labute approximate surface area is 175 Å². The Bertz CT molecular complexity index is 1020. The summed E-state index contributed by atoms with van der Waals surface area (Å²) in [6.07, 6.45) is 1.45. The minimum atomic E-state index is -0.832. The SMILES string of the molecule is Cc1ccc(CNC(=O)C(=O)N/N=C\c2ccccc2OCc2ccccc2)cc1. The van der Waals surface area contributed by atoms with Crippen LogP contribution in [-0.4, -0.2) is 18.0 Å². The molecule has 6 nitrogen and oxygen atoms in total. The Hall–Kier alpha value is -3.93. The molecule has 0 aliphatic carbocycles. The Morgan fingerprint density at radius 1 is 0.867 bits per heavy atom. The number of benzene rings is 3. The van der Waals surface area contributed by atoms with Gasteiger partial charge in [-0.2, -0.15) is 5.10 Å². The number of carbonyl (C=O) groups is 2. The van der Waals surface area contributed by atoms with Crippen LogP contribution in [0, 0.1) is 6.92 Å². The van der Waals surface area contributed by atoms with Gasteiger partial charge in [-0.05, 0) is 30.2 Å². The smallest absolute Gasteiger partial charge is 0.329 e. The molecule has 2 amide bonds. The van der Waals surface area contributed by atoms with Gasteiger partial charge in [0.05, 0.1) is 6.21 Å². The lowest BCUT2D eigenvalue weighted by Gasteiger charge is -2.09. The van der Waals surface area contributed by atoms with Crippen molar-refractivity contribution in [3.8, 4) is 5.75 Å². The van der Waals surface area contributed by atoms with Gasteiger partial charge in [0.2, 0.25) is 0 Å². The highest BCUT2D eigenvalue weighted by atomic mass is 16.5. The number of nitrogens with one attached hydrogen (secondary N) is 2. The van der Waals surface area contributed by atoms with E-state index < -0.39 is 11.8 Å². The summed E-state index contributed by atoms with van der Waals surface area (Å²) in [5, 5.41) is 6.45. The number of nitrogens with zero attached hydrogens (tertiary/aromatic N) is 1. The summed E-state index contributed by atoms with van der Waals surface area (Å²) in [5.41, 5.74) is 6.01. The second-order valence-electron chi connectivity index (χ2n) is 6.68. The van der Waals surface area contributed by atoms with E-state index in [2.05, 4.69) is 15.8 Å². The minimum absolute atomic E-state index is 0.270. The quantitative estimate of drug-likeness (QED) is 0.362. The molecule has 0 fully saturated rings. The Balaban J connectivity index is 1.51. The molecule has 0 aromatic heterocycles. The van der Waals surface area contributed by atoms with Crippen LogP contribution in [0.25, 0.3) is 0 Å². The first-order valence-electron chi connectivity index (χ1n) is 9.54. The van der Waals surface area contributed by atoms with E-state index in [-0.39, 0.29) is 6.54 Å². The van der Waals surface area contributed by atoms with Crippen LogP contribution in [0.15, 0.2) is 84.0 Å². The highest BCUT2D eigenvalue weighted by Gasteiger charge is 2.12. The van der Waals surface area contributed by atoms with Crippen molar-refractivity contribution in [2.24, 2.45) is 5.10 Å². The van der Waals surface area contributed by atoms with Crippen molar-refractivity contribution in [2.45, 2.75) is 20.1 Å². The summed E-state index contributed by atoms with van der Waals surface area (Å²) in [5.74, 6) is -0.953. The topological polar surface area (TPSA) is 79.8 Å². The molecule has 30 heavy (non-hydrogen) atoms. The maximum atomic E-state index is 11.9. The number of hydrogen-bond acceptors (Lipinski definition) is 4. The van der Waals surface area contributed by atoms with Crippen LogP contribution >= 0.6 is 0 Å². The molecule has 0 saturated carbocycles. The molecule has 0 unspecified atom stereocenters. The van der Waals surface area contributed by atoms with Crippen molar-refractivity contribution < 1.29 is 14.3 Å². The van der Waals surface area contributed by atoms with Gasteiger partial charge in [-0.1, -0.05) is 72.3 Å². The maximum Gasteiger partial charge on any atom is 0.329 e. The van der Waals surface area contributed by atoms with Crippen LogP contribution in [0.3, 0.4) is 0 Å². The van der Waals surface area contributed by atoms with E-state index in [0.29, 0.717) is 17.9 Å². The van der Waals surface area contributed by atoms with E-state index in [9.17, 15) is 9.59 Å². The summed E-state index contributed by atoms with van der Waals surface area (Å²) in [7, 11) is 0. The number of para-hydroxylation sites is 1. The maximum absolute atomic E-state index is 11.9. The standard InChI is InChI=1S/C24H23N3O3/c1-18-11-13-19(14-12-18)15-25-23(28)24(29)27-26-16-21-9-5-6-10-22(21)30-17-20-7-3-2-4-8-20/h2-14,16H,15,17H2,1H3,(H,25,28)(H,27,29)/b26-16-. The van der Waals surface area contributed by atoms with E-state index in [1.165, 1.54) is 6.21 Å². The molecule has 0 spiro atoms. The van der Waals surface area contributed by atoms with Gasteiger partial charge >= 0.3 is 11.8 Å². The van der Waals surface area contributed by atoms with Crippen molar-refractivity contribution in [3.05, 3.63) is 101 Å². The molecule has 0 heterocycles.